The van der Waals surface area contributed by atoms with Gasteiger partial charge >= 0.3 is 0 Å². The van der Waals surface area contributed by atoms with Crippen molar-refractivity contribution < 1.29 is 4.79 Å². The van der Waals surface area contributed by atoms with Crippen molar-refractivity contribution in [2.24, 2.45) is 5.92 Å². The number of rotatable bonds is 6. The van der Waals surface area contributed by atoms with Gasteiger partial charge in [-0.05, 0) is 63.6 Å². The average molecular weight is 373 g/mol. The maximum Gasteiger partial charge on any atom is 0.257 e. The number of pyridine rings is 1. The Bertz CT molecular complexity index is 650. The van der Waals surface area contributed by atoms with Gasteiger partial charge in [-0.25, -0.2) is 4.98 Å². The molecule has 0 radical (unpaired) electrons. The minimum Gasteiger partial charge on any atom is -0.367 e. The largest absolute Gasteiger partial charge is 0.367 e. The average Bonchev–Trinajstić information content (AvgIpc) is 3.08. The van der Waals surface area contributed by atoms with Gasteiger partial charge in [-0.15, -0.1) is 0 Å². The zero-order valence-electron chi connectivity index (χ0n) is 17.6. The first-order valence-electron chi connectivity index (χ1n) is 10.7. The highest BCUT2D eigenvalue weighted by Gasteiger charge is 2.25. The van der Waals surface area contributed by atoms with Crippen LogP contribution in [0, 0.1) is 5.92 Å². The standard InChI is InChI=1S/C22H36N4O/c1-16(2)7-12-25-13-8-18-15-19(22(27)26-10-5-6-11-26)21(23-17(3)4)24-20(18)9-14-25/h15-17H,5-14H2,1-4H3,(H,23,24). The summed E-state index contributed by atoms with van der Waals surface area (Å²) >= 11 is 0. The summed E-state index contributed by atoms with van der Waals surface area (Å²) in [5, 5.41) is 3.43. The normalized spacial score (nSPS) is 18.1. The number of nitrogens with zero attached hydrogens (tertiary/aromatic N) is 3. The van der Waals surface area contributed by atoms with Gasteiger partial charge in [0.05, 0.1) is 5.56 Å². The van der Waals surface area contributed by atoms with Crippen molar-refractivity contribution in [2.75, 3.05) is 38.0 Å². The number of nitrogens with one attached hydrogen (secondary N) is 1. The van der Waals surface area contributed by atoms with E-state index in [1.807, 2.05) is 4.90 Å². The lowest BCUT2D eigenvalue weighted by Crippen LogP contribution is -2.29. The number of carbonyl (C=O) groups is 1. The lowest BCUT2D eigenvalue weighted by molar-refractivity contribution is 0.0793. The molecule has 1 fully saturated rings. The van der Waals surface area contributed by atoms with Crippen LogP contribution in [-0.2, 0) is 12.8 Å². The van der Waals surface area contributed by atoms with Crippen LogP contribution in [0.15, 0.2) is 6.07 Å². The summed E-state index contributed by atoms with van der Waals surface area (Å²) in [5.41, 5.74) is 3.20. The molecule has 3 rings (SSSR count). The number of anilines is 1. The number of amides is 1. The fourth-order valence-corrected chi connectivity index (χ4v) is 3.98. The lowest BCUT2D eigenvalue weighted by Gasteiger charge is -2.21. The van der Waals surface area contributed by atoms with Crippen molar-refractivity contribution in [3.63, 3.8) is 0 Å². The molecular weight excluding hydrogens is 336 g/mol. The number of likely N-dealkylation sites (tertiary alicyclic amines) is 1. The molecule has 0 saturated carbocycles. The van der Waals surface area contributed by atoms with E-state index in [2.05, 4.69) is 44.0 Å². The number of fused-ring (bicyclic) bond motifs is 1. The fraction of sp³-hybridized carbons (Fsp3) is 0.727. The van der Waals surface area contributed by atoms with Crippen molar-refractivity contribution in [1.29, 1.82) is 0 Å². The van der Waals surface area contributed by atoms with Crippen LogP contribution < -0.4 is 5.32 Å². The molecule has 1 aromatic heterocycles. The van der Waals surface area contributed by atoms with Crippen LogP contribution in [-0.4, -0.2) is 59.5 Å². The van der Waals surface area contributed by atoms with Crippen LogP contribution in [0.1, 0.15) is 68.6 Å². The molecule has 0 atom stereocenters. The van der Waals surface area contributed by atoms with Crippen LogP contribution >= 0.6 is 0 Å². The Hall–Kier alpha value is -1.62. The van der Waals surface area contributed by atoms with Crippen molar-refractivity contribution in [2.45, 2.75) is 65.8 Å². The van der Waals surface area contributed by atoms with Gasteiger partial charge in [-0.2, -0.15) is 0 Å². The molecule has 150 valence electrons. The minimum atomic E-state index is 0.145. The molecule has 0 unspecified atom stereocenters. The van der Waals surface area contributed by atoms with E-state index in [-0.39, 0.29) is 11.9 Å². The van der Waals surface area contributed by atoms with Crippen molar-refractivity contribution in [3.8, 4) is 0 Å². The molecule has 0 aliphatic carbocycles. The van der Waals surface area contributed by atoms with E-state index in [0.29, 0.717) is 0 Å². The van der Waals surface area contributed by atoms with Gasteiger partial charge in [0.2, 0.25) is 0 Å². The van der Waals surface area contributed by atoms with Crippen LogP contribution in [0.4, 0.5) is 5.82 Å². The van der Waals surface area contributed by atoms with Crippen molar-refractivity contribution >= 4 is 11.7 Å². The predicted octanol–water partition coefficient (Wildman–Crippen LogP) is 3.58. The highest BCUT2D eigenvalue weighted by molar-refractivity contribution is 5.99. The highest BCUT2D eigenvalue weighted by atomic mass is 16.2. The summed E-state index contributed by atoms with van der Waals surface area (Å²) in [4.78, 5) is 22.6. The summed E-state index contributed by atoms with van der Waals surface area (Å²) in [6, 6.07) is 2.40. The number of aromatic nitrogens is 1. The topological polar surface area (TPSA) is 48.5 Å². The maximum atomic E-state index is 13.1. The molecular formula is C22H36N4O. The Labute approximate surface area is 164 Å². The molecule has 0 spiro atoms. The van der Waals surface area contributed by atoms with Gasteiger partial charge in [0.1, 0.15) is 5.82 Å². The van der Waals surface area contributed by atoms with E-state index in [4.69, 9.17) is 4.98 Å². The van der Waals surface area contributed by atoms with Crippen LogP contribution in [0.2, 0.25) is 0 Å². The first-order valence-corrected chi connectivity index (χ1v) is 10.7. The van der Waals surface area contributed by atoms with E-state index >= 15 is 0 Å². The van der Waals surface area contributed by atoms with Crippen molar-refractivity contribution in [1.82, 2.24) is 14.8 Å². The molecule has 2 aliphatic heterocycles. The smallest absolute Gasteiger partial charge is 0.257 e. The summed E-state index contributed by atoms with van der Waals surface area (Å²) in [6.07, 6.45) is 5.42. The van der Waals surface area contributed by atoms with Crippen LogP contribution in [0.5, 0.6) is 0 Å². The molecule has 0 aromatic carbocycles. The second-order valence-electron chi connectivity index (χ2n) is 8.81. The first kappa shape index (κ1) is 20.1. The Morgan fingerprint density at radius 1 is 1.11 bits per heavy atom. The molecule has 1 saturated heterocycles. The molecule has 2 aliphatic rings. The molecule has 1 amide bonds. The second kappa shape index (κ2) is 9.05. The maximum absolute atomic E-state index is 13.1. The van der Waals surface area contributed by atoms with Gasteiger partial charge in [0.15, 0.2) is 0 Å². The fourth-order valence-electron chi connectivity index (χ4n) is 3.98. The molecule has 3 heterocycles. The molecule has 5 heteroatoms. The zero-order valence-corrected chi connectivity index (χ0v) is 17.6. The van der Waals surface area contributed by atoms with Crippen molar-refractivity contribution in [3.05, 3.63) is 22.9 Å². The monoisotopic (exact) mass is 372 g/mol. The van der Waals surface area contributed by atoms with Gasteiger partial charge in [-0.1, -0.05) is 13.8 Å². The SMILES string of the molecule is CC(C)CCN1CCc2cc(C(=O)N3CCCC3)c(NC(C)C)nc2CC1. The third kappa shape index (κ3) is 5.22. The third-order valence-electron chi connectivity index (χ3n) is 5.63. The summed E-state index contributed by atoms with van der Waals surface area (Å²) < 4.78 is 0. The predicted molar refractivity (Wildman–Crippen MR) is 111 cm³/mol. The van der Waals surface area contributed by atoms with Gasteiger partial charge in [-0.3, -0.25) is 4.79 Å². The molecule has 5 nitrogen and oxygen atoms in total. The van der Waals surface area contributed by atoms with E-state index < -0.39 is 0 Å². The number of hydrogen-bond donors (Lipinski definition) is 1. The lowest BCUT2D eigenvalue weighted by atomic mass is 10.0. The molecule has 0 bridgehead atoms. The Morgan fingerprint density at radius 3 is 2.48 bits per heavy atom. The van der Waals surface area contributed by atoms with Crippen LogP contribution in [0.25, 0.3) is 0 Å². The Morgan fingerprint density at radius 2 is 1.81 bits per heavy atom. The Balaban J connectivity index is 1.82. The van der Waals surface area contributed by atoms with E-state index in [9.17, 15) is 4.79 Å². The summed E-state index contributed by atoms with van der Waals surface area (Å²) in [5.74, 6) is 1.66. The Kier molecular flexibility index (Phi) is 6.74. The van der Waals surface area contributed by atoms with Crippen LogP contribution in [0.3, 0.4) is 0 Å². The number of carbonyl (C=O) groups excluding carboxylic acids is 1. The first-order chi connectivity index (χ1) is 12.9. The third-order valence-corrected chi connectivity index (χ3v) is 5.63. The molecule has 1 N–H and O–H groups in total. The molecule has 27 heavy (non-hydrogen) atoms. The summed E-state index contributed by atoms with van der Waals surface area (Å²) in [7, 11) is 0. The van der Waals surface area contributed by atoms with E-state index in [0.717, 1.165) is 75.7 Å². The summed E-state index contributed by atoms with van der Waals surface area (Å²) in [6.45, 7) is 13.8. The second-order valence-corrected chi connectivity index (χ2v) is 8.81. The van der Waals surface area contributed by atoms with E-state index in [1.54, 1.807) is 0 Å². The van der Waals surface area contributed by atoms with E-state index in [1.165, 1.54) is 17.7 Å². The minimum absolute atomic E-state index is 0.145. The molecule has 1 aromatic rings. The van der Waals surface area contributed by atoms with Gasteiger partial charge < -0.3 is 15.1 Å². The van der Waals surface area contributed by atoms with Gasteiger partial charge in [0, 0.05) is 44.3 Å². The van der Waals surface area contributed by atoms with Gasteiger partial charge in [0.25, 0.3) is 5.91 Å². The quantitative estimate of drug-likeness (QED) is 0.829. The zero-order chi connectivity index (χ0) is 19.4. The highest BCUT2D eigenvalue weighted by Crippen LogP contribution is 2.25. The number of hydrogen-bond acceptors (Lipinski definition) is 4.